The van der Waals surface area contributed by atoms with Crippen molar-refractivity contribution in [2.45, 2.75) is 25.1 Å². The van der Waals surface area contributed by atoms with Gasteiger partial charge in [0.2, 0.25) is 0 Å². The van der Waals surface area contributed by atoms with Crippen LogP contribution in [0.15, 0.2) is 54.6 Å². The molecule has 0 aliphatic rings. The Hall–Kier alpha value is -1.47. The van der Waals surface area contributed by atoms with Gasteiger partial charge in [0.25, 0.3) is 0 Å². The molecule has 0 atom stereocenters. The minimum atomic E-state index is 0.553. The Morgan fingerprint density at radius 2 is 1.53 bits per heavy atom. The number of halogens is 1. The summed E-state index contributed by atoms with van der Waals surface area (Å²) in [5.74, 6) is 1.48. The highest BCUT2D eigenvalue weighted by Gasteiger charge is 1.96. The quantitative estimate of drug-likeness (QED) is 0.519. The summed E-state index contributed by atoms with van der Waals surface area (Å²) in [6, 6.07) is 18.5. The summed E-state index contributed by atoms with van der Waals surface area (Å²) < 4.78 is 5.70. The van der Waals surface area contributed by atoms with Gasteiger partial charge in [-0.15, -0.1) is 11.6 Å². The van der Waals surface area contributed by atoms with Crippen LogP contribution >= 0.6 is 11.6 Å². The van der Waals surface area contributed by atoms with Crippen molar-refractivity contribution in [2.75, 3.05) is 6.61 Å². The van der Waals surface area contributed by atoms with Gasteiger partial charge in [-0.1, -0.05) is 42.5 Å². The van der Waals surface area contributed by atoms with E-state index in [1.807, 2.05) is 24.3 Å². The first-order valence-electron chi connectivity index (χ1n) is 6.70. The molecule has 0 saturated heterocycles. The number of unbranched alkanes of at least 4 members (excludes halogenated alkanes) is 1. The lowest BCUT2D eigenvalue weighted by atomic mass is 10.1. The van der Waals surface area contributed by atoms with Crippen LogP contribution in [0.2, 0.25) is 0 Å². The molecule has 0 fully saturated rings. The van der Waals surface area contributed by atoms with Crippen LogP contribution < -0.4 is 4.74 Å². The van der Waals surface area contributed by atoms with Crippen LogP contribution in [0.5, 0.6) is 5.75 Å². The average Bonchev–Trinajstić information content (AvgIpc) is 2.49. The molecule has 0 heterocycles. The second kappa shape index (κ2) is 7.85. The van der Waals surface area contributed by atoms with Crippen molar-refractivity contribution in [1.29, 1.82) is 0 Å². The third kappa shape index (κ3) is 4.96. The van der Waals surface area contributed by atoms with Crippen molar-refractivity contribution in [2.24, 2.45) is 0 Å². The number of hydrogen-bond acceptors (Lipinski definition) is 1. The molecule has 0 saturated carbocycles. The topological polar surface area (TPSA) is 9.23 Å². The Balaban J connectivity index is 1.63. The molecule has 0 amide bonds. The molecule has 0 bridgehead atoms. The Bertz CT molecular complexity index is 464. The summed E-state index contributed by atoms with van der Waals surface area (Å²) in [6.07, 6.45) is 3.35. The number of benzene rings is 2. The van der Waals surface area contributed by atoms with E-state index in [0.717, 1.165) is 37.2 Å². The Morgan fingerprint density at radius 3 is 2.21 bits per heavy atom. The lowest BCUT2D eigenvalue weighted by Gasteiger charge is -2.06. The minimum Gasteiger partial charge on any atom is -0.494 e. The maximum Gasteiger partial charge on any atom is 0.119 e. The van der Waals surface area contributed by atoms with E-state index in [9.17, 15) is 0 Å². The van der Waals surface area contributed by atoms with Crippen LogP contribution in [0.1, 0.15) is 24.0 Å². The van der Waals surface area contributed by atoms with Crippen LogP contribution in [0.25, 0.3) is 0 Å². The van der Waals surface area contributed by atoms with Gasteiger partial charge in [0.05, 0.1) is 6.61 Å². The molecule has 0 spiro atoms. The number of hydrogen-bond donors (Lipinski definition) is 0. The van der Waals surface area contributed by atoms with E-state index in [2.05, 4.69) is 30.3 Å². The maximum atomic E-state index is 5.74. The van der Waals surface area contributed by atoms with E-state index < -0.39 is 0 Å². The van der Waals surface area contributed by atoms with Gasteiger partial charge in [-0.2, -0.15) is 0 Å². The lowest BCUT2D eigenvalue weighted by molar-refractivity contribution is 0.307. The monoisotopic (exact) mass is 274 g/mol. The molecule has 0 unspecified atom stereocenters. The zero-order chi connectivity index (χ0) is 13.3. The summed E-state index contributed by atoms with van der Waals surface area (Å²) in [6.45, 7) is 0.771. The average molecular weight is 275 g/mol. The smallest absolute Gasteiger partial charge is 0.119 e. The summed E-state index contributed by atoms with van der Waals surface area (Å²) in [4.78, 5) is 0. The molecule has 2 rings (SSSR count). The molecule has 100 valence electrons. The molecule has 0 aromatic heterocycles. The molecule has 2 heteroatoms. The highest BCUT2D eigenvalue weighted by Crippen LogP contribution is 2.14. The third-order valence-electron chi connectivity index (χ3n) is 3.05. The predicted molar refractivity (Wildman–Crippen MR) is 80.9 cm³/mol. The van der Waals surface area contributed by atoms with Gasteiger partial charge in [-0.05, 0) is 42.5 Å². The Morgan fingerprint density at radius 1 is 0.789 bits per heavy atom. The van der Waals surface area contributed by atoms with E-state index in [1.165, 1.54) is 5.56 Å². The second-order valence-electron chi connectivity index (χ2n) is 4.57. The first-order chi connectivity index (χ1) is 9.38. The molecule has 0 aliphatic heterocycles. The fraction of sp³-hybridized carbons (Fsp3) is 0.294. The van der Waals surface area contributed by atoms with Crippen LogP contribution in [-0.2, 0) is 12.3 Å². The summed E-state index contributed by atoms with van der Waals surface area (Å²) in [5.41, 5.74) is 2.52. The lowest BCUT2D eigenvalue weighted by Crippen LogP contribution is -1.98. The van der Waals surface area contributed by atoms with Gasteiger partial charge >= 0.3 is 0 Å². The van der Waals surface area contributed by atoms with Crippen LogP contribution in [-0.4, -0.2) is 6.61 Å². The highest BCUT2D eigenvalue weighted by atomic mass is 35.5. The normalized spacial score (nSPS) is 10.4. The number of aryl methyl sites for hydroxylation is 1. The predicted octanol–water partition coefficient (Wildman–Crippen LogP) is 4.83. The first-order valence-corrected chi connectivity index (χ1v) is 7.23. The van der Waals surface area contributed by atoms with Gasteiger partial charge in [-0.3, -0.25) is 0 Å². The van der Waals surface area contributed by atoms with Crippen LogP contribution in [0.4, 0.5) is 0 Å². The minimum absolute atomic E-state index is 0.553. The van der Waals surface area contributed by atoms with Crippen molar-refractivity contribution in [3.8, 4) is 5.75 Å². The SMILES string of the molecule is ClCc1ccc(OCCCCc2ccccc2)cc1. The van der Waals surface area contributed by atoms with Crippen molar-refractivity contribution in [3.05, 3.63) is 65.7 Å². The van der Waals surface area contributed by atoms with E-state index in [0.29, 0.717) is 5.88 Å². The van der Waals surface area contributed by atoms with Crippen molar-refractivity contribution in [1.82, 2.24) is 0 Å². The van der Waals surface area contributed by atoms with Gasteiger partial charge in [0, 0.05) is 5.88 Å². The Kier molecular flexibility index (Phi) is 5.77. The fourth-order valence-electron chi connectivity index (χ4n) is 1.94. The summed E-state index contributed by atoms with van der Waals surface area (Å²) in [7, 11) is 0. The molecular weight excluding hydrogens is 256 g/mol. The fourth-order valence-corrected chi connectivity index (χ4v) is 2.12. The molecule has 0 radical (unpaired) electrons. The van der Waals surface area contributed by atoms with Crippen molar-refractivity contribution in [3.63, 3.8) is 0 Å². The number of rotatable bonds is 7. The van der Waals surface area contributed by atoms with Gasteiger partial charge in [0.1, 0.15) is 5.75 Å². The highest BCUT2D eigenvalue weighted by molar-refractivity contribution is 6.17. The Labute approximate surface area is 120 Å². The van der Waals surface area contributed by atoms with Crippen LogP contribution in [0, 0.1) is 0 Å². The second-order valence-corrected chi connectivity index (χ2v) is 4.84. The van der Waals surface area contributed by atoms with E-state index in [1.54, 1.807) is 0 Å². The molecular formula is C17H19ClO. The third-order valence-corrected chi connectivity index (χ3v) is 3.36. The molecule has 2 aromatic rings. The summed E-state index contributed by atoms with van der Waals surface area (Å²) >= 11 is 5.74. The van der Waals surface area contributed by atoms with Crippen molar-refractivity contribution < 1.29 is 4.74 Å². The van der Waals surface area contributed by atoms with Crippen LogP contribution in [0.3, 0.4) is 0 Å². The molecule has 19 heavy (non-hydrogen) atoms. The molecule has 2 aromatic carbocycles. The summed E-state index contributed by atoms with van der Waals surface area (Å²) in [5, 5.41) is 0. The largest absolute Gasteiger partial charge is 0.494 e. The van der Waals surface area contributed by atoms with Gasteiger partial charge in [0.15, 0.2) is 0 Å². The first kappa shape index (κ1) is 14.0. The zero-order valence-corrected chi connectivity index (χ0v) is 11.8. The maximum absolute atomic E-state index is 5.74. The number of alkyl halides is 1. The van der Waals surface area contributed by atoms with Gasteiger partial charge < -0.3 is 4.74 Å². The molecule has 0 N–H and O–H groups in total. The standard InChI is InChI=1S/C17H19ClO/c18-14-16-9-11-17(12-10-16)19-13-5-4-8-15-6-2-1-3-7-15/h1-3,6-7,9-12H,4-5,8,13-14H2. The molecule has 1 nitrogen and oxygen atoms in total. The van der Waals surface area contributed by atoms with Gasteiger partial charge in [-0.25, -0.2) is 0 Å². The van der Waals surface area contributed by atoms with E-state index >= 15 is 0 Å². The van der Waals surface area contributed by atoms with E-state index in [-0.39, 0.29) is 0 Å². The number of ether oxygens (including phenoxy) is 1. The van der Waals surface area contributed by atoms with Crippen molar-refractivity contribution >= 4 is 11.6 Å². The zero-order valence-electron chi connectivity index (χ0n) is 11.0. The molecule has 0 aliphatic carbocycles. The van der Waals surface area contributed by atoms with E-state index in [4.69, 9.17) is 16.3 Å².